The molecule has 4 nitrogen and oxygen atoms in total. The monoisotopic (exact) mass is 232 g/mol. The number of primary amides is 1. The van der Waals surface area contributed by atoms with Crippen LogP contribution in [0.4, 0.5) is 0 Å². The lowest BCUT2D eigenvalue weighted by molar-refractivity contribution is -0.113. The molecule has 0 aliphatic heterocycles. The highest BCUT2D eigenvalue weighted by atomic mass is 16.3. The molecule has 0 unspecified atom stereocenters. The highest BCUT2D eigenvalue weighted by Crippen LogP contribution is 2.53. The van der Waals surface area contributed by atoms with Gasteiger partial charge in [0.05, 0.1) is 11.5 Å². The van der Waals surface area contributed by atoms with Gasteiger partial charge < -0.3 is 10.8 Å². The van der Waals surface area contributed by atoms with Gasteiger partial charge in [0.15, 0.2) is 0 Å². The van der Waals surface area contributed by atoms with E-state index in [4.69, 9.17) is 11.0 Å². The van der Waals surface area contributed by atoms with E-state index in [1.165, 1.54) is 13.0 Å². The minimum Gasteiger partial charge on any atom is -0.376 e. The van der Waals surface area contributed by atoms with E-state index < -0.39 is 16.9 Å². The van der Waals surface area contributed by atoms with E-state index in [1.807, 2.05) is 6.92 Å². The number of hydrogen-bond acceptors (Lipinski definition) is 3. The second-order valence-corrected chi connectivity index (χ2v) is 4.44. The molecule has 1 aliphatic rings. The van der Waals surface area contributed by atoms with Crippen LogP contribution in [0.25, 0.3) is 0 Å². The van der Waals surface area contributed by atoms with Crippen molar-refractivity contribution >= 4 is 5.91 Å². The maximum Gasteiger partial charge on any atom is 0.242 e. The fourth-order valence-electron chi connectivity index (χ4n) is 1.55. The first-order chi connectivity index (χ1) is 7.87. The molecule has 0 aromatic rings. The third-order valence-electron chi connectivity index (χ3n) is 3.06. The van der Waals surface area contributed by atoms with Crippen LogP contribution in [0.15, 0.2) is 11.6 Å². The lowest BCUT2D eigenvalue weighted by Crippen LogP contribution is -2.33. The van der Waals surface area contributed by atoms with E-state index in [1.54, 1.807) is 0 Å². The molecule has 1 aliphatic carbocycles. The summed E-state index contributed by atoms with van der Waals surface area (Å²) in [5, 5.41) is 19.1. The van der Waals surface area contributed by atoms with E-state index in [9.17, 15) is 9.90 Å². The Hall–Kier alpha value is -1.78. The third-order valence-corrected chi connectivity index (χ3v) is 3.06. The largest absolute Gasteiger partial charge is 0.376 e. The average Bonchev–Trinajstić information content (AvgIpc) is 3.04. The first kappa shape index (κ1) is 13.3. The average molecular weight is 232 g/mol. The summed E-state index contributed by atoms with van der Waals surface area (Å²) >= 11 is 0. The molecule has 1 rings (SSSR count). The van der Waals surface area contributed by atoms with Crippen molar-refractivity contribution in [1.82, 2.24) is 0 Å². The van der Waals surface area contributed by atoms with Gasteiger partial charge in [-0.2, -0.15) is 5.26 Å². The van der Waals surface area contributed by atoms with Crippen LogP contribution in [0.1, 0.15) is 33.1 Å². The number of nitrogens with zero attached hydrogens (tertiary/aromatic N) is 1. The molecule has 1 fully saturated rings. The van der Waals surface area contributed by atoms with Gasteiger partial charge in [-0.25, -0.2) is 0 Å². The molecule has 90 valence electrons. The highest BCUT2D eigenvalue weighted by molar-refractivity contribution is 5.87. The van der Waals surface area contributed by atoms with E-state index in [2.05, 4.69) is 17.9 Å². The molecule has 0 spiro atoms. The molecule has 0 radical (unpaired) electrons. The van der Waals surface area contributed by atoms with Crippen molar-refractivity contribution in [2.75, 3.05) is 0 Å². The predicted molar refractivity (Wildman–Crippen MR) is 63.2 cm³/mol. The summed E-state index contributed by atoms with van der Waals surface area (Å²) < 4.78 is 0. The molecule has 1 amide bonds. The Kier molecular flexibility index (Phi) is 3.60. The van der Waals surface area contributed by atoms with Crippen LogP contribution < -0.4 is 5.73 Å². The SMILES string of the molecule is CC/C(C#C[C@](C)(O)C1(C#N)CC1)=C/C(N)=O. The van der Waals surface area contributed by atoms with Crippen molar-refractivity contribution in [2.24, 2.45) is 11.1 Å². The van der Waals surface area contributed by atoms with Crippen molar-refractivity contribution in [2.45, 2.75) is 38.7 Å². The molecule has 0 bridgehead atoms. The van der Waals surface area contributed by atoms with Crippen molar-refractivity contribution < 1.29 is 9.90 Å². The van der Waals surface area contributed by atoms with Crippen molar-refractivity contribution in [3.8, 4) is 17.9 Å². The van der Waals surface area contributed by atoms with Crippen molar-refractivity contribution in [1.29, 1.82) is 5.26 Å². The molecule has 3 N–H and O–H groups in total. The quantitative estimate of drug-likeness (QED) is 0.559. The maximum atomic E-state index is 10.7. The minimum atomic E-state index is -1.34. The zero-order chi connectivity index (χ0) is 13.1. The van der Waals surface area contributed by atoms with Crippen LogP contribution in [-0.2, 0) is 4.79 Å². The van der Waals surface area contributed by atoms with E-state index in [0.29, 0.717) is 24.8 Å². The molecule has 1 saturated carbocycles. The van der Waals surface area contributed by atoms with Crippen molar-refractivity contribution in [3.63, 3.8) is 0 Å². The first-order valence-electron chi connectivity index (χ1n) is 5.54. The second-order valence-electron chi connectivity index (χ2n) is 4.44. The van der Waals surface area contributed by atoms with Gasteiger partial charge in [-0.3, -0.25) is 4.79 Å². The Balaban J connectivity index is 2.92. The normalized spacial score (nSPS) is 20.5. The molecule has 0 aromatic heterocycles. The second kappa shape index (κ2) is 4.61. The van der Waals surface area contributed by atoms with Gasteiger partial charge in [-0.1, -0.05) is 18.8 Å². The number of nitrogens with two attached hydrogens (primary N) is 1. The number of allylic oxidation sites excluding steroid dienone is 1. The predicted octanol–water partition coefficient (Wildman–Crippen LogP) is 0.866. The summed E-state index contributed by atoms with van der Waals surface area (Å²) in [6.07, 6.45) is 3.12. The van der Waals surface area contributed by atoms with Crippen LogP contribution in [-0.4, -0.2) is 16.6 Å². The Morgan fingerprint density at radius 3 is 2.59 bits per heavy atom. The summed E-state index contributed by atoms with van der Waals surface area (Å²) in [4.78, 5) is 10.7. The van der Waals surface area contributed by atoms with Gasteiger partial charge in [-0.15, -0.1) is 0 Å². The Bertz CT molecular complexity index is 454. The Labute approximate surface area is 101 Å². The van der Waals surface area contributed by atoms with Crippen LogP contribution in [0.3, 0.4) is 0 Å². The molecule has 1 atom stereocenters. The van der Waals surface area contributed by atoms with Crippen LogP contribution >= 0.6 is 0 Å². The highest BCUT2D eigenvalue weighted by Gasteiger charge is 2.56. The number of rotatable bonds is 3. The number of amides is 1. The zero-order valence-electron chi connectivity index (χ0n) is 10.1. The maximum absolute atomic E-state index is 10.7. The summed E-state index contributed by atoms with van der Waals surface area (Å²) in [7, 11) is 0. The molecule has 0 aromatic carbocycles. The Morgan fingerprint density at radius 2 is 2.24 bits per heavy atom. The lowest BCUT2D eigenvalue weighted by Gasteiger charge is -2.21. The number of aliphatic hydroxyl groups is 1. The number of hydrogen-bond donors (Lipinski definition) is 2. The number of carbonyl (C=O) groups is 1. The summed E-state index contributed by atoms with van der Waals surface area (Å²) in [5.41, 5.74) is 3.51. The number of carbonyl (C=O) groups excluding carboxylic acids is 1. The lowest BCUT2D eigenvalue weighted by atomic mass is 9.87. The van der Waals surface area contributed by atoms with Gasteiger partial charge in [-0.05, 0) is 26.2 Å². The Morgan fingerprint density at radius 1 is 1.65 bits per heavy atom. The van der Waals surface area contributed by atoms with Gasteiger partial charge >= 0.3 is 0 Å². The molecule has 17 heavy (non-hydrogen) atoms. The van der Waals surface area contributed by atoms with Crippen LogP contribution in [0.5, 0.6) is 0 Å². The smallest absolute Gasteiger partial charge is 0.242 e. The summed E-state index contributed by atoms with van der Waals surface area (Å²) in [6.45, 7) is 3.38. The first-order valence-corrected chi connectivity index (χ1v) is 5.54. The summed E-state index contributed by atoms with van der Waals surface area (Å²) in [5.74, 6) is 4.85. The molecule has 0 heterocycles. The molecule has 4 heteroatoms. The van der Waals surface area contributed by atoms with Gasteiger partial charge in [0.1, 0.15) is 5.60 Å². The van der Waals surface area contributed by atoms with Gasteiger partial charge in [0.2, 0.25) is 5.91 Å². The topological polar surface area (TPSA) is 87.1 Å². The minimum absolute atomic E-state index is 0.558. The zero-order valence-corrected chi connectivity index (χ0v) is 10.1. The standard InChI is InChI=1S/C13H16N2O2/c1-3-10(8-11(15)16)4-5-12(2,17)13(9-14)6-7-13/h8,17H,3,6-7H2,1-2H3,(H2,15,16)/b10-8-/t12-/m0/s1. The molecular weight excluding hydrogens is 216 g/mol. The molecular formula is C13H16N2O2. The fraction of sp³-hybridized carbons (Fsp3) is 0.538. The van der Waals surface area contributed by atoms with Gasteiger partial charge in [0.25, 0.3) is 0 Å². The third kappa shape index (κ3) is 2.87. The fourth-order valence-corrected chi connectivity index (χ4v) is 1.55. The van der Waals surface area contributed by atoms with E-state index >= 15 is 0 Å². The van der Waals surface area contributed by atoms with Gasteiger partial charge in [0, 0.05) is 11.6 Å². The van der Waals surface area contributed by atoms with Crippen molar-refractivity contribution in [3.05, 3.63) is 11.6 Å². The van der Waals surface area contributed by atoms with E-state index in [0.717, 1.165) is 0 Å². The summed E-state index contributed by atoms with van der Waals surface area (Å²) in [6, 6.07) is 2.11. The van der Waals surface area contributed by atoms with Crippen LogP contribution in [0.2, 0.25) is 0 Å². The van der Waals surface area contributed by atoms with Crippen LogP contribution in [0, 0.1) is 28.6 Å². The molecule has 0 saturated heterocycles. The number of nitriles is 1. The van der Waals surface area contributed by atoms with E-state index in [-0.39, 0.29) is 0 Å².